The predicted molar refractivity (Wildman–Crippen MR) is 69.1 cm³/mol. The lowest BCUT2D eigenvalue weighted by Gasteiger charge is -2.24. The Kier molecular flexibility index (Phi) is 3.91. The summed E-state index contributed by atoms with van der Waals surface area (Å²) in [4.78, 5) is 13.3. The molecule has 0 spiro atoms. The molecule has 7 heteroatoms. The van der Waals surface area contributed by atoms with Gasteiger partial charge in [0.15, 0.2) is 0 Å². The van der Waals surface area contributed by atoms with E-state index in [2.05, 4.69) is 0 Å². The Morgan fingerprint density at radius 2 is 2.05 bits per heavy atom. The quantitative estimate of drug-likeness (QED) is 0.621. The van der Waals surface area contributed by atoms with Gasteiger partial charge in [-0.25, -0.2) is 12.8 Å². The molecule has 0 aromatic heterocycles. The summed E-state index contributed by atoms with van der Waals surface area (Å²) in [6, 6.07) is 2.86. The Labute approximate surface area is 114 Å². The summed E-state index contributed by atoms with van der Waals surface area (Å²) in [7, 11) is 1.17. The molecule has 0 aliphatic carbocycles. The van der Waals surface area contributed by atoms with E-state index in [0.29, 0.717) is 19.5 Å². The number of carbonyl (C=O) groups is 1. The second kappa shape index (κ2) is 5.30. The van der Waals surface area contributed by atoms with Crippen LogP contribution < -0.4 is 0 Å². The van der Waals surface area contributed by atoms with Gasteiger partial charge >= 0.3 is 0 Å². The Morgan fingerprint density at radius 3 is 2.63 bits per heavy atom. The highest BCUT2D eigenvalue weighted by atomic mass is 35.7. The van der Waals surface area contributed by atoms with Crippen LogP contribution in [0.25, 0.3) is 0 Å². The fraction of sp³-hybridized carbons (Fsp3) is 0.250. The van der Waals surface area contributed by atoms with Crippen molar-refractivity contribution in [3.63, 3.8) is 0 Å². The number of benzene rings is 1. The van der Waals surface area contributed by atoms with Crippen LogP contribution in [-0.4, -0.2) is 32.3 Å². The number of amides is 1. The molecule has 0 radical (unpaired) electrons. The molecule has 1 amide bonds. The summed E-state index contributed by atoms with van der Waals surface area (Å²) < 4.78 is 36.1. The molecule has 1 aromatic rings. The third kappa shape index (κ3) is 3.13. The van der Waals surface area contributed by atoms with Crippen molar-refractivity contribution in [1.82, 2.24) is 4.90 Å². The van der Waals surface area contributed by atoms with E-state index in [1.54, 1.807) is 6.08 Å². The predicted octanol–water partition coefficient (Wildman–Crippen LogP) is 2.16. The lowest BCUT2D eigenvalue weighted by molar-refractivity contribution is 0.0766. The Bertz CT molecular complexity index is 642. The third-order valence-electron chi connectivity index (χ3n) is 2.78. The molecule has 1 aliphatic rings. The molecule has 1 aromatic carbocycles. The van der Waals surface area contributed by atoms with E-state index in [0.717, 1.165) is 18.2 Å². The first-order valence-electron chi connectivity index (χ1n) is 5.58. The SMILES string of the molecule is O=C(c1cc(F)ccc1S(=O)(=O)Cl)N1CC=CCC1. The van der Waals surface area contributed by atoms with Gasteiger partial charge in [-0.3, -0.25) is 4.79 Å². The highest BCUT2D eigenvalue weighted by Crippen LogP contribution is 2.23. The van der Waals surface area contributed by atoms with Crippen LogP contribution >= 0.6 is 10.7 Å². The van der Waals surface area contributed by atoms with Crippen LogP contribution in [0.2, 0.25) is 0 Å². The first kappa shape index (κ1) is 14.0. The maximum absolute atomic E-state index is 13.2. The summed E-state index contributed by atoms with van der Waals surface area (Å²) in [6.07, 6.45) is 4.41. The average molecular weight is 304 g/mol. The van der Waals surface area contributed by atoms with Crippen molar-refractivity contribution in [2.75, 3.05) is 13.1 Å². The molecule has 4 nitrogen and oxygen atoms in total. The molecule has 1 aliphatic heterocycles. The van der Waals surface area contributed by atoms with Crippen LogP contribution in [0.5, 0.6) is 0 Å². The summed E-state index contributed by atoms with van der Waals surface area (Å²) in [6.45, 7) is 0.838. The Morgan fingerprint density at radius 1 is 1.32 bits per heavy atom. The van der Waals surface area contributed by atoms with E-state index in [-0.39, 0.29) is 10.5 Å². The lowest BCUT2D eigenvalue weighted by Crippen LogP contribution is -2.34. The van der Waals surface area contributed by atoms with Crippen LogP contribution in [0.4, 0.5) is 4.39 Å². The number of hydrogen-bond donors (Lipinski definition) is 0. The monoisotopic (exact) mass is 303 g/mol. The fourth-order valence-electron chi connectivity index (χ4n) is 1.88. The minimum absolute atomic E-state index is 0.231. The minimum atomic E-state index is -4.09. The van der Waals surface area contributed by atoms with Crippen LogP contribution in [-0.2, 0) is 9.05 Å². The second-order valence-electron chi connectivity index (χ2n) is 4.09. The summed E-state index contributed by atoms with van der Waals surface area (Å²) in [5.41, 5.74) is -0.231. The molecule has 0 N–H and O–H groups in total. The number of carbonyl (C=O) groups excluding carboxylic acids is 1. The van der Waals surface area contributed by atoms with Gasteiger partial charge in [-0.05, 0) is 24.6 Å². The molecule has 0 unspecified atom stereocenters. The van der Waals surface area contributed by atoms with Gasteiger partial charge in [0.25, 0.3) is 15.0 Å². The van der Waals surface area contributed by atoms with Crippen molar-refractivity contribution in [3.8, 4) is 0 Å². The normalized spacial score (nSPS) is 15.6. The van der Waals surface area contributed by atoms with Crippen molar-refractivity contribution in [3.05, 3.63) is 41.7 Å². The van der Waals surface area contributed by atoms with E-state index in [1.165, 1.54) is 4.90 Å². The molecule has 1 heterocycles. The largest absolute Gasteiger partial charge is 0.335 e. The van der Waals surface area contributed by atoms with E-state index < -0.39 is 20.8 Å². The van der Waals surface area contributed by atoms with Gasteiger partial charge in [0.1, 0.15) is 5.82 Å². The van der Waals surface area contributed by atoms with Gasteiger partial charge in [-0.1, -0.05) is 12.2 Å². The molecule has 0 bridgehead atoms. The van der Waals surface area contributed by atoms with Crippen molar-refractivity contribution in [1.29, 1.82) is 0 Å². The molecule has 0 atom stereocenters. The van der Waals surface area contributed by atoms with Crippen molar-refractivity contribution in [2.24, 2.45) is 0 Å². The smallest absolute Gasteiger partial charge is 0.262 e. The first-order chi connectivity index (χ1) is 8.89. The van der Waals surface area contributed by atoms with Crippen LogP contribution in [0.15, 0.2) is 35.2 Å². The summed E-state index contributed by atoms with van der Waals surface area (Å²) in [5, 5.41) is 0. The number of nitrogens with zero attached hydrogens (tertiary/aromatic N) is 1. The molecular formula is C12H11ClFNO3S. The standard InChI is InChI=1S/C12H11ClFNO3S/c13-19(17,18)11-5-4-9(14)8-10(11)12(16)15-6-2-1-3-7-15/h1-2,4-5,8H,3,6-7H2. The molecule has 2 rings (SSSR count). The van der Waals surface area contributed by atoms with Crippen LogP contribution in [0, 0.1) is 5.82 Å². The molecule has 0 fully saturated rings. The molecular weight excluding hydrogens is 293 g/mol. The number of rotatable bonds is 2. The van der Waals surface area contributed by atoms with Gasteiger partial charge in [0.05, 0.1) is 10.5 Å². The number of halogens is 2. The van der Waals surface area contributed by atoms with Crippen LogP contribution in [0.1, 0.15) is 16.8 Å². The zero-order valence-electron chi connectivity index (χ0n) is 9.84. The molecule has 19 heavy (non-hydrogen) atoms. The first-order valence-corrected chi connectivity index (χ1v) is 7.89. The second-order valence-corrected chi connectivity index (χ2v) is 6.62. The van der Waals surface area contributed by atoms with Crippen molar-refractivity contribution >= 4 is 25.6 Å². The fourth-order valence-corrected chi connectivity index (χ4v) is 2.92. The van der Waals surface area contributed by atoms with Gasteiger partial charge in [-0.2, -0.15) is 0 Å². The van der Waals surface area contributed by atoms with E-state index >= 15 is 0 Å². The highest BCUT2D eigenvalue weighted by molar-refractivity contribution is 8.13. The van der Waals surface area contributed by atoms with E-state index in [1.807, 2.05) is 6.08 Å². The zero-order valence-corrected chi connectivity index (χ0v) is 11.4. The van der Waals surface area contributed by atoms with Gasteiger partial charge in [0, 0.05) is 23.8 Å². The maximum atomic E-state index is 13.2. The molecule has 102 valence electrons. The maximum Gasteiger partial charge on any atom is 0.262 e. The van der Waals surface area contributed by atoms with E-state index in [4.69, 9.17) is 10.7 Å². The summed E-state index contributed by atoms with van der Waals surface area (Å²) >= 11 is 0. The topological polar surface area (TPSA) is 54.5 Å². The van der Waals surface area contributed by atoms with Gasteiger partial charge in [-0.15, -0.1) is 0 Å². The summed E-state index contributed by atoms with van der Waals surface area (Å²) in [5.74, 6) is -1.22. The van der Waals surface area contributed by atoms with Crippen LogP contribution in [0.3, 0.4) is 0 Å². The van der Waals surface area contributed by atoms with Crippen molar-refractivity contribution in [2.45, 2.75) is 11.3 Å². The average Bonchev–Trinajstić information content (AvgIpc) is 2.37. The third-order valence-corrected chi connectivity index (χ3v) is 4.16. The Hall–Kier alpha value is -1.40. The Balaban J connectivity index is 2.46. The van der Waals surface area contributed by atoms with Gasteiger partial charge < -0.3 is 4.90 Å². The lowest BCUT2D eigenvalue weighted by atomic mass is 10.1. The molecule has 0 saturated heterocycles. The highest BCUT2D eigenvalue weighted by Gasteiger charge is 2.25. The van der Waals surface area contributed by atoms with E-state index in [9.17, 15) is 17.6 Å². The molecule has 0 saturated carbocycles. The van der Waals surface area contributed by atoms with Crippen molar-refractivity contribution < 1.29 is 17.6 Å². The number of hydrogen-bond acceptors (Lipinski definition) is 3. The minimum Gasteiger partial charge on any atom is -0.335 e. The zero-order chi connectivity index (χ0) is 14.0. The van der Waals surface area contributed by atoms with Gasteiger partial charge in [0.2, 0.25) is 0 Å².